The van der Waals surface area contributed by atoms with Crippen molar-refractivity contribution >= 4 is 11.9 Å². The lowest BCUT2D eigenvalue weighted by atomic mass is 10.0. The molecule has 0 radical (unpaired) electrons. The predicted molar refractivity (Wildman–Crippen MR) is 223 cm³/mol. The Morgan fingerprint density at radius 3 is 1.31 bits per heavy atom. The van der Waals surface area contributed by atoms with Gasteiger partial charge in [-0.1, -0.05) is 212 Å². The molecule has 0 spiro atoms. The van der Waals surface area contributed by atoms with E-state index in [4.69, 9.17) is 4.74 Å². The van der Waals surface area contributed by atoms with Crippen LogP contribution >= 0.6 is 0 Å². The Labute approximate surface area is 323 Å². The molecule has 0 aliphatic heterocycles. The summed E-state index contributed by atoms with van der Waals surface area (Å²) in [5, 5.41) is 22.9. The molecule has 0 saturated carbocycles. The van der Waals surface area contributed by atoms with Gasteiger partial charge in [-0.15, -0.1) is 0 Å². The van der Waals surface area contributed by atoms with Crippen molar-refractivity contribution in [3.63, 3.8) is 0 Å². The predicted octanol–water partition coefficient (Wildman–Crippen LogP) is 13.0. The van der Waals surface area contributed by atoms with E-state index in [0.717, 1.165) is 57.8 Å². The summed E-state index contributed by atoms with van der Waals surface area (Å²) in [7, 11) is 0. The average molecular weight is 736 g/mol. The minimum absolute atomic E-state index is 0.00442. The molecule has 3 N–H and O–H groups in total. The molecule has 6 nitrogen and oxygen atoms in total. The summed E-state index contributed by atoms with van der Waals surface area (Å²) in [6.45, 7) is 4.85. The minimum atomic E-state index is -0.848. The SMILES string of the molecule is CCCCCCCCCC/C=C/C(O)C(CO)NC(=O)CCCCCCCCCCCCCCCCOC(=O)CCCCCCCCCCCCC. The van der Waals surface area contributed by atoms with E-state index in [2.05, 4.69) is 19.2 Å². The van der Waals surface area contributed by atoms with Gasteiger partial charge in [0.05, 0.1) is 25.4 Å². The molecule has 0 aliphatic rings. The summed E-state index contributed by atoms with van der Waals surface area (Å²) in [6, 6.07) is -0.632. The van der Waals surface area contributed by atoms with E-state index < -0.39 is 12.1 Å². The van der Waals surface area contributed by atoms with Gasteiger partial charge in [0.1, 0.15) is 0 Å². The molecule has 0 aromatic heterocycles. The Morgan fingerprint density at radius 1 is 0.519 bits per heavy atom. The van der Waals surface area contributed by atoms with Crippen LogP contribution in [0.15, 0.2) is 12.2 Å². The van der Waals surface area contributed by atoms with Gasteiger partial charge >= 0.3 is 5.97 Å². The normalized spacial score (nSPS) is 12.8. The van der Waals surface area contributed by atoms with Crippen LogP contribution in [0.5, 0.6) is 0 Å². The molecule has 0 rings (SSSR count). The number of aliphatic hydroxyl groups is 2. The Kier molecular flexibility index (Phi) is 41.2. The van der Waals surface area contributed by atoms with E-state index in [-0.39, 0.29) is 18.5 Å². The van der Waals surface area contributed by atoms with Crippen molar-refractivity contribution < 1.29 is 24.5 Å². The fourth-order valence-corrected chi connectivity index (χ4v) is 6.98. The lowest BCUT2D eigenvalue weighted by Crippen LogP contribution is -2.45. The standard InChI is InChI=1S/C46H89NO5/c1-3-5-7-9-11-13-19-24-28-32-36-40-46(51)52-41-37-33-29-25-21-18-16-15-17-20-23-27-31-35-39-45(50)47-43(42-48)44(49)38-34-30-26-22-14-12-10-8-6-4-2/h34,38,43-44,48-49H,3-33,35-37,39-42H2,1-2H3,(H,47,50)/b38-34+. The fraction of sp³-hybridized carbons (Fsp3) is 0.913. The molecule has 308 valence electrons. The van der Waals surface area contributed by atoms with Gasteiger partial charge in [-0.3, -0.25) is 9.59 Å². The molecule has 0 aromatic rings. The quantitative estimate of drug-likeness (QED) is 0.0329. The van der Waals surface area contributed by atoms with Crippen LogP contribution in [0.1, 0.15) is 245 Å². The summed E-state index contributed by atoms with van der Waals surface area (Å²) in [5.74, 6) is -0.0849. The number of nitrogens with one attached hydrogen (secondary N) is 1. The average Bonchev–Trinajstić information content (AvgIpc) is 3.14. The number of rotatable bonds is 42. The van der Waals surface area contributed by atoms with Crippen molar-refractivity contribution in [2.75, 3.05) is 13.2 Å². The van der Waals surface area contributed by atoms with Crippen LogP contribution in [0.2, 0.25) is 0 Å². The number of aliphatic hydroxyl groups excluding tert-OH is 2. The zero-order valence-corrected chi connectivity index (χ0v) is 34.8. The third-order valence-corrected chi connectivity index (χ3v) is 10.6. The molecule has 0 heterocycles. The van der Waals surface area contributed by atoms with Crippen LogP contribution in [-0.4, -0.2) is 47.4 Å². The number of allylic oxidation sites excluding steroid dienone is 1. The maximum Gasteiger partial charge on any atom is 0.305 e. The first-order chi connectivity index (χ1) is 25.5. The van der Waals surface area contributed by atoms with Gasteiger partial charge in [0.15, 0.2) is 0 Å². The number of ether oxygens (including phenoxy) is 1. The molecule has 1 amide bonds. The molecule has 2 unspecified atom stereocenters. The second-order valence-corrected chi connectivity index (χ2v) is 15.7. The van der Waals surface area contributed by atoms with Gasteiger partial charge in [-0.05, 0) is 32.1 Å². The molecule has 0 saturated heterocycles. The van der Waals surface area contributed by atoms with E-state index in [1.54, 1.807) is 6.08 Å². The molecule has 0 fully saturated rings. The maximum absolute atomic E-state index is 12.3. The Hall–Kier alpha value is -1.40. The number of hydrogen-bond acceptors (Lipinski definition) is 5. The minimum Gasteiger partial charge on any atom is -0.466 e. The first kappa shape index (κ1) is 50.6. The zero-order chi connectivity index (χ0) is 38.0. The number of hydrogen-bond donors (Lipinski definition) is 3. The first-order valence-electron chi connectivity index (χ1n) is 23.0. The Bertz CT molecular complexity index is 772. The first-order valence-corrected chi connectivity index (χ1v) is 23.0. The number of amides is 1. The number of carbonyl (C=O) groups excluding carboxylic acids is 2. The summed E-state index contributed by atoms with van der Waals surface area (Å²) in [4.78, 5) is 24.3. The highest BCUT2D eigenvalue weighted by molar-refractivity contribution is 5.76. The molecular formula is C46H89NO5. The van der Waals surface area contributed by atoms with Gasteiger partial charge in [0, 0.05) is 12.8 Å². The third-order valence-electron chi connectivity index (χ3n) is 10.6. The highest BCUT2D eigenvalue weighted by Gasteiger charge is 2.18. The maximum atomic E-state index is 12.3. The van der Waals surface area contributed by atoms with Crippen LogP contribution in [0.4, 0.5) is 0 Å². The zero-order valence-electron chi connectivity index (χ0n) is 34.8. The van der Waals surface area contributed by atoms with E-state index in [9.17, 15) is 19.8 Å². The summed E-state index contributed by atoms with van der Waals surface area (Å²) >= 11 is 0. The van der Waals surface area contributed by atoms with Gasteiger partial charge in [0.2, 0.25) is 5.91 Å². The van der Waals surface area contributed by atoms with E-state index in [1.165, 1.54) is 161 Å². The molecular weight excluding hydrogens is 647 g/mol. The van der Waals surface area contributed by atoms with Gasteiger partial charge in [-0.2, -0.15) is 0 Å². The van der Waals surface area contributed by atoms with Crippen LogP contribution in [-0.2, 0) is 14.3 Å². The smallest absolute Gasteiger partial charge is 0.305 e. The van der Waals surface area contributed by atoms with Crippen molar-refractivity contribution in [3.8, 4) is 0 Å². The highest BCUT2D eigenvalue weighted by atomic mass is 16.5. The monoisotopic (exact) mass is 736 g/mol. The van der Waals surface area contributed by atoms with Crippen molar-refractivity contribution in [1.29, 1.82) is 0 Å². The van der Waals surface area contributed by atoms with Gasteiger partial charge < -0.3 is 20.3 Å². The number of carbonyl (C=O) groups is 2. The van der Waals surface area contributed by atoms with E-state index in [1.807, 2.05) is 6.08 Å². The molecule has 0 aliphatic carbocycles. The summed E-state index contributed by atoms with van der Waals surface area (Å²) < 4.78 is 5.44. The topological polar surface area (TPSA) is 95.9 Å². The number of unbranched alkanes of at least 4 members (excludes halogenated alkanes) is 31. The molecule has 52 heavy (non-hydrogen) atoms. The third kappa shape index (κ3) is 38.3. The van der Waals surface area contributed by atoms with Crippen molar-refractivity contribution in [3.05, 3.63) is 12.2 Å². The molecule has 6 heteroatoms. The fourth-order valence-electron chi connectivity index (χ4n) is 6.98. The van der Waals surface area contributed by atoms with Crippen molar-refractivity contribution in [2.24, 2.45) is 0 Å². The van der Waals surface area contributed by atoms with Crippen molar-refractivity contribution in [2.45, 2.75) is 257 Å². The van der Waals surface area contributed by atoms with E-state index in [0.29, 0.717) is 19.4 Å². The van der Waals surface area contributed by atoms with Crippen LogP contribution < -0.4 is 5.32 Å². The molecule has 2 atom stereocenters. The summed E-state index contributed by atoms with van der Waals surface area (Å²) in [6.07, 6.45) is 46.2. The second-order valence-electron chi connectivity index (χ2n) is 15.7. The molecule has 0 bridgehead atoms. The molecule has 0 aromatic carbocycles. The largest absolute Gasteiger partial charge is 0.466 e. The Morgan fingerprint density at radius 2 is 0.885 bits per heavy atom. The summed E-state index contributed by atoms with van der Waals surface area (Å²) in [5.41, 5.74) is 0. The van der Waals surface area contributed by atoms with Crippen LogP contribution in [0.3, 0.4) is 0 Å². The lowest BCUT2D eigenvalue weighted by molar-refractivity contribution is -0.143. The van der Waals surface area contributed by atoms with Crippen molar-refractivity contribution in [1.82, 2.24) is 5.32 Å². The Balaban J connectivity index is 3.46. The van der Waals surface area contributed by atoms with Crippen LogP contribution in [0, 0.1) is 0 Å². The van der Waals surface area contributed by atoms with Gasteiger partial charge in [0.25, 0.3) is 0 Å². The van der Waals surface area contributed by atoms with Crippen LogP contribution in [0.25, 0.3) is 0 Å². The lowest BCUT2D eigenvalue weighted by Gasteiger charge is -2.20. The number of esters is 1. The van der Waals surface area contributed by atoms with E-state index >= 15 is 0 Å². The van der Waals surface area contributed by atoms with Gasteiger partial charge in [-0.25, -0.2) is 0 Å². The second kappa shape index (κ2) is 42.3. The highest BCUT2D eigenvalue weighted by Crippen LogP contribution is 2.15.